The average Bonchev–Trinajstić information content (AvgIpc) is 2.59. The van der Waals surface area contributed by atoms with Gasteiger partial charge < -0.3 is 15.2 Å². The molecule has 3 rings (SSSR count). The summed E-state index contributed by atoms with van der Waals surface area (Å²) >= 11 is 0. The zero-order chi connectivity index (χ0) is 19.5. The SMILES string of the molecule is C[C@@H]1CN(CC(c2cccc(OC(F)(F)F)c2)C2(O)CCCCC2)CCN1. The molecule has 2 atom stereocenters. The molecule has 27 heavy (non-hydrogen) atoms. The molecule has 1 saturated heterocycles. The Bertz CT molecular complexity index is 617. The zero-order valence-corrected chi connectivity index (χ0v) is 15.8. The van der Waals surface area contributed by atoms with E-state index >= 15 is 0 Å². The minimum Gasteiger partial charge on any atom is -0.406 e. The fourth-order valence-electron chi connectivity index (χ4n) is 4.46. The molecule has 1 aliphatic heterocycles. The normalized spacial score (nSPS) is 25.1. The quantitative estimate of drug-likeness (QED) is 0.811. The molecular weight excluding hydrogens is 357 g/mol. The van der Waals surface area contributed by atoms with Crippen molar-refractivity contribution < 1.29 is 23.0 Å². The Hall–Kier alpha value is -1.31. The summed E-state index contributed by atoms with van der Waals surface area (Å²) in [6.45, 7) is 5.37. The molecule has 0 amide bonds. The predicted molar refractivity (Wildman–Crippen MR) is 97.8 cm³/mol. The van der Waals surface area contributed by atoms with Crippen LogP contribution in [0.4, 0.5) is 13.2 Å². The summed E-state index contributed by atoms with van der Waals surface area (Å²) in [5, 5.41) is 14.8. The molecule has 152 valence electrons. The van der Waals surface area contributed by atoms with Crippen LogP contribution in [0, 0.1) is 0 Å². The lowest BCUT2D eigenvalue weighted by Crippen LogP contribution is -2.52. The Morgan fingerprint density at radius 2 is 2.04 bits per heavy atom. The molecule has 1 aromatic carbocycles. The molecule has 2 N–H and O–H groups in total. The summed E-state index contributed by atoms with van der Waals surface area (Å²) in [6, 6.07) is 6.50. The average molecular weight is 386 g/mol. The topological polar surface area (TPSA) is 44.7 Å². The Morgan fingerprint density at radius 3 is 2.70 bits per heavy atom. The number of piperazine rings is 1. The lowest BCUT2D eigenvalue weighted by atomic mass is 9.72. The minimum atomic E-state index is -4.72. The molecule has 4 nitrogen and oxygen atoms in total. The van der Waals surface area contributed by atoms with E-state index in [2.05, 4.69) is 21.9 Å². The highest BCUT2D eigenvalue weighted by molar-refractivity contribution is 5.33. The lowest BCUT2D eigenvalue weighted by Gasteiger charge is -2.43. The smallest absolute Gasteiger partial charge is 0.406 e. The molecule has 1 saturated carbocycles. The lowest BCUT2D eigenvalue weighted by molar-refractivity contribution is -0.274. The third kappa shape index (κ3) is 5.59. The first-order valence-electron chi connectivity index (χ1n) is 9.79. The molecule has 1 aliphatic carbocycles. The van der Waals surface area contributed by atoms with Gasteiger partial charge in [0.25, 0.3) is 0 Å². The summed E-state index contributed by atoms with van der Waals surface area (Å²) < 4.78 is 42.0. The molecule has 1 aromatic rings. The second-order valence-electron chi connectivity index (χ2n) is 7.95. The van der Waals surface area contributed by atoms with Crippen molar-refractivity contribution in [3.63, 3.8) is 0 Å². The van der Waals surface area contributed by atoms with E-state index in [9.17, 15) is 18.3 Å². The fraction of sp³-hybridized carbons (Fsp3) is 0.700. The number of hydrogen-bond acceptors (Lipinski definition) is 4. The number of hydrogen-bond donors (Lipinski definition) is 2. The van der Waals surface area contributed by atoms with Gasteiger partial charge in [0.05, 0.1) is 5.60 Å². The molecule has 2 aliphatic rings. The van der Waals surface area contributed by atoms with Gasteiger partial charge in [0.1, 0.15) is 5.75 Å². The summed E-state index contributed by atoms with van der Waals surface area (Å²) in [5.74, 6) is -0.460. The maximum atomic E-state index is 12.6. The van der Waals surface area contributed by atoms with Gasteiger partial charge in [-0.15, -0.1) is 13.2 Å². The largest absolute Gasteiger partial charge is 0.573 e. The van der Waals surface area contributed by atoms with E-state index in [0.29, 0.717) is 31.0 Å². The maximum Gasteiger partial charge on any atom is 0.573 e. The highest BCUT2D eigenvalue weighted by atomic mass is 19.4. The number of halogens is 3. The van der Waals surface area contributed by atoms with Crippen LogP contribution in [0.1, 0.15) is 50.5 Å². The van der Waals surface area contributed by atoms with Gasteiger partial charge in [-0.1, -0.05) is 31.4 Å². The van der Waals surface area contributed by atoms with Gasteiger partial charge in [-0.05, 0) is 37.5 Å². The van der Waals surface area contributed by atoms with Gasteiger partial charge in [0.15, 0.2) is 0 Å². The van der Waals surface area contributed by atoms with E-state index in [4.69, 9.17) is 0 Å². The van der Waals surface area contributed by atoms with Crippen LogP contribution in [0.3, 0.4) is 0 Å². The molecule has 7 heteroatoms. The molecule has 0 radical (unpaired) electrons. The third-order valence-corrected chi connectivity index (χ3v) is 5.76. The van der Waals surface area contributed by atoms with E-state index in [1.165, 1.54) is 12.1 Å². The number of aliphatic hydroxyl groups is 1. The van der Waals surface area contributed by atoms with Crippen LogP contribution in [-0.2, 0) is 0 Å². The van der Waals surface area contributed by atoms with Crippen molar-refractivity contribution in [2.75, 3.05) is 26.2 Å². The number of benzene rings is 1. The number of ether oxygens (including phenoxy) is 1. The number of nitrogens with zero attached hydrogens (tertiary/aromatic N) is 1. The van der Waals surface area contributed by atoms with Crippen LogP contribution in [0.5, 0.6) is 5.75 Å². The van der Waals surface area contributed by atoms with Gasteiger partial charge in [-0.25, -0.2) is 0 Å². The van der Waals surface area contributed by atoms with Gasteiger partial charge in [0, 0.05) is 38.1 Å². The number of nitrogens with one attached hydrogen (secondary N) is 1. The van der Waals surface area contributed by atoms with Crippen LogP contribution in [0.15, 0.2) is 24.3 Å². The van der Waals surface area contributed by atoms with Crippen LogP contribution in [0.25, 0.3) is 0 Å². The highest BCUT2D eigenvalue weighted by Gasteiger charge is 2.40. The van der Waals surface area contributed by atoms with Crippen molar-refractivity contribution in [2.24, 2.45) is 0 Å². The summed E-state index contributed by atoms with van der Waals surface area (Å²) in [4.78, 5) is 2.30. The zero-order valence-electron chi connectivity index (χ0n) is 15.8. The standard InChI is InChI=1S/C20H29F3N2O2/c1-15-13-25(11-10-24-15)14-18(19(26)8-3-2-4-9-19)16-6-5-7-17(12-16)27-20(21,22)23/h5-7,12,15,18,24,26H,2-4,8-11,13-14H2,1H3/t15-,18?/m1/s1. The molecule has 0 bridgehead atoms. The van der Waals surface area contributed by atoms with Crippen LogP contribution < -0.4 is 10.1 Å². The molecule has 2 fully saturated rings. The van der Waals surface area contributed by atoms with E-state index in [0.717, 1.165) is 38.9 Å². The summed E-state index contributed by atoms with van der Waals surface area (Å²) in [6.07, 6.45) is -0.360. The Morgan fingerprint density at radius 1 is 1.30 bits per heavy atom. The second kappa shape index (κ2) is 8.37. The van der Waals surface area contributed by atoms with Crippen LogP contribution >= 0.6 is 0 Å². The highest BCUT2D eigenvalue weighted by Crippen LogP contribution is 2.41. The predicted octanol–water partition coefficient (Wildman–Crippen LogP) is 3.66. The Labute approximate surface area is 158 Å². The van der Waals surface area contributed by atoms with Crippen molar-refractivity contribution in [2.45, 2.75) is 63.0 Å². The minimum absolute atomic E-state index is 0.224. The molecule has 1 unspecified atom stereocenters. The number of alkyl halides is 3. The first-order valence-corrected chi connectivity index (χ1v) is 9.79. The van der Waals surface area contributed by atoms with Crippen molar-refractivity contribution >= 4 is 0 Å². The fourth-order valence-corrected chi connectivity index (χ4v) is 4.46. The van der Waals surface area contributed by atoms with Crippen molar-refractivity contribution in [1.82, 2.24) is 10.2 Å². The number of rotatable bonds is 5. The first kappa shape index (κ1) is 20.4. The van der Waals surface area contributed by atoms with Gasteiger partial charge in [0.2, 0.25) is 0 Å². The van der Waals surface area contributed by atoms with E-state index in [1.807, 2.05) is 6.07 Å². The van der Waals surface area contributed by atoms with Crippen molar-refractivity contribution in [3.8, 4) is 5.75 Å². The second-order valence-corrected chi connectivity index (χ2v) is 7.95. The van der Waals surface area contributed by atoms with E-state index in [-0.39, 0.29) is 11.7 Å². The van der Waals surface area contributed by atoms with Crippen molar-refractivity contribution in [3.05, 3.63) is 29.8 Å². The van der Waals surface area contributed by atoms with Crippen LogP contribution in [0.2, 0.25) is 0 Å². The van der Waals surface area contributed by atoms with Gasteiger partial charge in [-0.2, -0.15) is 0 Å². The Kier molecular flexibility index (Phi) is 6.33. The molecular formula is C20H29F3N2O2. The van der Waals surface area contributed by atoms with Gasteiger partial charge in [-0.3, -0.25) is 4.90 Å². The molecule has 0 spiro atoms. The maximum absolute atomic E-state index is 12.6. The first-order chi connectivity index (χ1) is 12.8. The summed E-state index contributed by atoms with van der Waals surface area (Å²) in [7, 11) is 0. The van der Waals surface area contributed by atoms with Crippen LogP contribution in [-0.4, -0.2) is 54.2 Å². The third-order valence-electron chi connectivity index (χ3n) is 5.76. The molecule has 0 aromatic heterocycles. The Balaban J connectivity index is 1.86. The monoisotopic (exact) mass is 386 g/mol. The van der Waals surface area contributed by atoms with E-state index in [1.54, 1.807) is 6.07 Å². The van der Waals surface area contributed by atoms with Gasteiger partial charge >= 0.3 is 6.36 Å². The van der Waals surface area contributed by atoms with E-state index < -0.39 is 12.0 Å². The summed E-state index contributed by atoms with van der Waals surface area (Å²) in [5.41, 5.74) is -0.171. The molecule has 1 heterocycles. The van der Waals surface area contributed by atoms with Crippen molar-refractivity contribution in [1.29, 1.82) is 0 Å².